The number of carbonyl (C=O) groups is 1. The molecule has 4 rings (SSSR count). The van der Waals surface area contributed by atoms with Crippen molar-refractivity contribution in [3.05, 3.63) is 40.2 Å². The van der Waals surface area contributed by atoms with Crippen LogP contribution in [0.1, 0.15) is 28.8 Å². The molecular weight excluding hydrogens is 389 g/mol. The van der Waals surface area contributed by atoms with E-state index in [0.29, 0.717) is 17.6 Å². The Morgan fingerprint density at radius 3 is 3.11 bits per heavy atom. The van der Waals surface area contributed by atoms with Gasteiger partial charge in [0.2, 0.25) is 0 Å². The van der Waals surface area contributed by atoms with Gasteiger partial charge in [-0.3, -0.25) is 4.79 Å². The highest BCUT2D eigenvalue weighted by molar-refractivity contribution is 8.13. The number of thiazole rings is 1. The van der Waals surface area contributed by atoms with E-state index in [-0.39, 0.29) is 17.7 Å². The molecule has 1 fully saturated rings. The highest BCUT2D eigenvalue weighted by Crippen LogP contribution is 2.46. The van der Waals surface area contributed by atoms with Gasteiger partial charge in [-0.25, -0.2) is 19.4 Å². The molecule has 0 aromatic carbocycles. The van der Waals surface area contributed by atoms with Crippen LogP contribution < -0.4 is 11.1 Å². The van der Waals surface area contributed by atoms with Crippen molar-refractivity contribution in [3.8, 4) is 0 Å². The summed E-state index contributed by atoms with van der Waals surface area (Å²) >= 11 is 2.97. The molecular formula is C17H18FN5O2S2. The first kappa shape index (κ1) is 18.3. The van der Waals surface area contributed by atoms with Gasteiger partial charge in [0.1, 0.15) is 27.9 Å². The highest BCUT2D eigenvalue weighted by Gasteiger charge is 2.49. The Morgan fingerprint density at radius 1 is 1.48 bits per heavy atom. The number of halogens is 1. The molecule has 0 spiro atoms. The average molecular weight is 407 g/mol. The molecule has 1 amide bonds. The summed E-state index contributed by atoms with van der Waals surface area (Å²) in [6.45, 7) is 2.47. The fraction of sp³-hybridized carbons (Fsp3) is 0.412. The SMILES string of the molecule is C[C@H]1C[C@H]2CSC(N)=NC2(c2nc(NC(=O)c3ccc(F)cn3)cs2)CO1. The summed E-state index contributed by atoms with van der Waals surface area (Å²) in [5.74, 6) is 0.599. The molecule has 0 bridgehead atoms. The molecule has 3 N–H and O–H groups in total. The quantitative estimate of drug-likeness (QED) is 0.811. The molecule has 1 saturated heterocycles. The molecule has 0 radical (unpaired) electrons. The summed E-state index contributed by atoms with van der Waals surface area (Å²) in [6.07, 6.45) is 2.05. The number of rotatable bonds is 3. The predicted octanol–water partition coefficient (Wildman–Crippen LogP) is 2.61. The molecule has 27 heavy (non-hydrogen) atoms. The molecule has 2 aromatic heterocycles. The molecule has 2 aliphatic heterocycles. The highest BCUT2D eigenvalue weighted by atomic mass is 32.2. The van der Waals surface area contributed by atoms with Crippen LogP contribution in [0.2, 0.25) is 0 Å². The topological polar surface area (TPSA) is 102 Å². The van der Waals surface area contributed by atoms with Crippen LogP contribution in [0.4, 0.5) is 10.2 Å². The number of anilines is 1. The number of nitrogens with one attached hydrogen (secondary N) is 1. The number of fused-ring (bicyclic) bond motifs is 1. The molecule has 0 aliphatic carbocycles. The van der Waals surface area contributed by atoms with Crippen LogP contribution >= 0.6 is 23.1 Å². The number of hydrogen-bond acceptors (Lipinski definition) is 8. The van der Waals surface area contributed by atoms with Gasteiger partial charge >= 0.3 is 0 Å². The average Bonchev–Trinajstić information content (AvgIpc) is 3.11. The third-order valence-electron chi connectivity index (χ3n) is 4.70. The fourth-order valence-electron chi connectivity index (χ4n) is 3.30. The molecule has 2 aliphatic rings. The maximum absolute atomic E-state index is 13.0. The lowest BCUT2D eigenvalue weighted by molar-refractivity contribution is -0.0466. The van der Waals surface area contributed by atoms with E-state index >= 15 is 0 Å². The van der Waals surface area contributed by atoms with Crippen LogP contribution in [0.3, 0.4) is 0 Å². The Bertz CT molecular complexity index is 888. The first-order valence-electron chi connectivity index (χ1n) is 8.45. The number of nitrogens with zero attached hydrogens (tertiary/aromatic N) is 3. The number of carbonyl (C=O) groups excluding carboxylic acids is 1. The summed E-state index contributed by atoms with van der Waals surface area (Å²) in [5.41, 5.74) is 5.51. The molecule has 10 heteroatoms. The van der Waals surface area contributed by atoms with Crippen molar-refractivity contribution < 1.29 is 13.9 Å². The second-order valence-electron chi connectivity index (χ2n) is 6.59. The lowest BCUT2D eigenvalue weighted by Gasteiger charge is -2.44. The minimum absolute atomic E-state index is 0.119. The summed E-state index contributed by atoms with van der Waals surface area (Å²) in [7, 11) is 0. The standard InChI is InChI=1S/C17H18FN5O2S2/c1-9-4-10-6-27-16(19)23-17(10,8-25-9)15-22-13(7-26-15)21-14(24)12-3-2-11(18)5-20-12/h2-3,5,7,9-10H,4,6,8H2,1H3,(H2,19,23)(H,21,24)/t9-,10-,17?/m0/s1. The van der Waals surface area contributed by atoms with E-state index in [9.17, 15) is 9.18 Å². The fourth-order valence-corrected chi connectivity index (χ4v) is 5.27. The van der Waals surface area contributed by atoms with Gasteiger partial charge in [-0.15, -0.1) is 11.3 Å². The second-order valence-corrected chi connectivity index (χ2v) is 8.49. The van der Waals surface area contributed by atoms with Crippen LogP contribution in [-0.4, -0.2) is 39.5 Å². The minimum atomic E-state index is -0.608. The maximum Gasteiger partial charge on any atom is 0.275 e. The van der Waals surface area contributed by atoms with E-state index in [1.54, 1.807) is 17.1 Å². The number of amidine groups is 1. The summed E-state index contributed by atoms with van der Waals surface area (Å²) in [6, 6.07) is 2.52. The van der Waals surface area contributed by atoms with Crippen molar-refractivity contribution in [3.63, 3.8) is 0 Å². The van der Waals surface area contributed by atoms with Crippen LogP contribution in [0, 0.1) is 11.7 Å². The number of hydrogen-bond donors (Lipinski definition) is 2. The lowest BCUT2D eigenvalue weighted by Crippen LogP contribution is -2.49. The number of thioether (sulfide) groups is 1. The second kappa shape index (κ2) is 7.17. The molecule has 142 valence electrons. The van der Waals surface area contributed by atoms with Crippen molar-refractivity contribution in [2.75, 3.05) is 17.7 Å². The van der Waals surface area contributed by atoms with Gasteiger partial charge in [-0.1, -0.05) is 11.8 Å². The van der Waals surface area contributed by atoms with E-state index in [1.807, 2.05) is 0 Å². The van der Waals surface area contributed by atoms with Crippen molar-refractivity contribution >= 4 is 40.0 Å². The minimum Gasteiger partial charge on any atom is -0.379 e. The first-order valence-corrected chi connectivity index (χ1v) is 10.3. The van der Waals surface area contributed by atoms with Crippen molar-refractivity contribution in [1.82, 2.24) is 9.97 Å². The Balaban J connectivity index is 1.58. The maximum atomic E-state index is 13.0. The van der Waals surface area contributed by atoms with Gasteiger partial charge in [-0.05, 0) is 25.5 Å². The Kier molecular flexibility index (Phi) is 4.87. The summed E-state index contributed by atoms with van der Waals surface area (Å²) in [4.78, 5) is 25.4. The van der Waals surface area contributed by atoms with E-state index < -0.39 is 17.3 Å². The Hall–Kier alpha value is -2.04. The smallest absolute Gasteiger partial charge is 0.275 e. The monoisotopic (exact) mass is 407 g/mol. The van der Waals surface area contributed by atoms with Crippen molar-refractivity contribution in [2.45, 2.75) is 25.0 Å². The molecule has 4 heterocycles. The van der Waals surface area contributed by atoms with Crippen molar-refractivity contribution in [1.29, 1.82) is 0 Å². The van der Waals surface area contributed by atoms with Gasteiger partial charge in [-0.2, -0.15) is 0 Å². The first-order chi connectivity index (χ1) is 13.0. The number of ether oxygens (including phenoxy) is 1. The van der Waals surface area contributed by atoms with Gasteiger partial charge in [0.15, 0.2) is 5.17 Å². The Morgan fingerprint density at radius 2 is 2.33 bits per heavy atom. The number of aliphatic imine (C=N–C) groups is 1. The van der Waals surface area contributed by atoms with Gasteiger partial charge < -0.3 is 15.8 Å². The molecule has 3 atom stereocenters. The number of amides is 1. The molecule has 7 nitrogen and oxygen atoms in total. The number of nitrogens with two attached hydrogens (primary N) is 1. The van der Waals surface area contributed by atoms with Crippen LogP contribution in [-0.2, 0) is 10.3 Å². The van der Waals surface area contributed by atoms with E-state index in [4.69, 9.17) is 15.5 Å². The predicted molar refractivity (Wildman–Crippen MR) is 104 cm³/mol. The van der Waals surface area contributed by atoms with E-state index in [0.717, 1.165) is 23.4 Å². The van der Waals surface area contributed by atoms with Gasteiger partial charge in [0.25, 0.3) is 5.91 Å². The zero-order valence-electron chi connectivity index (χ0n) is 14.5. The molecule has 0 saturated carbocycles. The molecule has 2 aromatic rings. The van der Waals surface area contributed by atoms with Crippen LogP contribution in [0.5, 0.6) is 0 Å². The van der Waals surface area contributed by atoms with Gasteiger partial charge in [0, 0.05) is 17.1 Å². The molecule has 1 unspecified atom stereocenters. The summed E-state index contributed by atoms with van der Waals surface area (Å²) in [5, 5.41) is 5.75. The third kappa shape index (κ3) is 3.56. The number of aromatic nitrogens is 2. The zero-order chi connectivity index (χ0) is 19.0. The van der Waals surface area contributed by atoms with Crippen molar-refractivity contribution in [2.24, 2.45) is 16.6 Å². The van der Waals surface area contributed by atoms with E-state index in [2.05, 4.69) is 22.2 Å². The Labute approximate surface area is 163 Å². The van der Waals surface area contributed by atoms with Crippen LogP contribution in [0.25, 0.3) is 0 Å². The lowest BCUT2D eigenvalue weighted by atomic mass is 9.80. The summed E-state index contributed by atoms with van der Waals surface area (Å²) < 4.78 is 18.8. The van der Waals surface area contributed by atoms with E-state index in [1.165, 1.54) is 23.5 Å². The van der Waals surface area contributed by atoms with Gasteiger partial charge in [0.05, 0.1) is 18.9 Å². The largest absolute Gasteiger partial charge is 0.379 e. The normalized spacial score (nSPS) is 27.6. The number of pyridine rings is 1. The zero-order valence-corrected chi connectivity index (χ0v) is 16.1. The third-order valence-corrected chi connectivity index (χ3v) is 6.66. The van der Waals surface area contributed by atoms with Crippen LogP contribution in [0.15, 0.2) is 28.7 Å².